The molecule has 0 bridgehead atoms. The molecule has 0 radical (unpaired) electrons. The minimum Gasteiger partial charge on any atom is -0.354 e. The number of rotatable bonds is 1. The summed E-state index contributed by atoms with van der Waals surface area (Å²) in [7, 11) is 0. The number of nitrogens with zero attached hydrogens (tertiary/aromatic N) is 4. The van der Waals surface area contributed by atoms with Crippen LogP contribution in [0, 0.1) is 0 Å². The van der Waals surface area contributed by atoms with Crippen molar-refractivity contribution >= 4 is 5.95 Å². The first-order valence-corrected chi connectivity index (χ1v) is 5.74. The number of hydrogen-bond donors (Lipinski definition) is 1. The van der Waals surface area contributed by atoms with Gasteiger partial charge in [0, 0.05) is 12.7 Å². The highest BCUT2D eigenvalue weighted by atomic mass is 19.4. The molecule has 0 amide bonds. The molecule has 3 rings (SSSR count). The molecule has 0 aliphatic carbocycles. The molecule has 0 spiro atoms. The molecular formula is C11H10F3N5. The Morgan fingerprint density at radius 1 is 1.32 bits per heavy atom. The Balaban J connectivity index is 2.03. The van der Waals surface area contributed by atoms with Crippen molar-refractivity contribution in [3.8, 4) is 11.5 Å². The fourth-order valence-corrected chi connectivity index (χ4v) is 2.01. The van der Waals surface area contributed by atoms with Gasteiger partial charge in [-0.3, -0.25) is 4.98 Å². The number of hydrogen-bond acceptors (Lipinski definition) is 4. The van der Waals surface area contributed by atoms with Crippen LogP contribution in [-0.4, -0.2) is 32.5 Å². The molecule has 1 N–H and O–H groups in total. The van der Waals surface area contributed by atoms with Gasteiger partial charge in [0.05, 0.1) is 0 Å². The van der Waals surface area contributed by atoms with Crippen LogP contribution in [0.15, 0.2) is 24.4 Å². The van der Waals surface area contributed by atoms with Gasteiger partial charge < -0.3 is 5.32 Å². The smallest absolute Gasteiger partial charge is 0.354 e. The third-order valence-electron chi connectivity index (χ3n) is 2.90. The van der Waals surface area contributed by atoms with Gasteiger partial charge in [0.2, 0.25) is 11.8 Å². The average Bonchev–Trinajstić information content (AvgIpc) is 2.82. The Bertz CT molecular complexity index is 578. The molecule has 100 valence electrons. The van der Waals surface area contributed by atoms with Gasteiger partial charge in [-0.05, 0) is 18.6 Å². The van der Waals surface area contributed by atoms with E-state index in [0.717, 1.165) is 4.68 Å². The highest BCUT2D eigenvalue weighted by Gasteiger charge is 2.44. The van der Waals surface area contributed by atoms with Crippen LogP contribution in [0.5, 0.6) is 0 Å². The van der Waals surface area contributed by atoms with Gasteiger partial charge in [-0.2, -0.15) is 18.2 Å². The minimum absolute atomic E-state index is 0.0540. The van der Waals surface area contributed by atoms with E-state index in [2.05, 4.69) is 20.4 Å². The van der Waals surface area contributed by atoms with E-state index in [-0.39, 0.29) is 24.7 Å². The molecule has 5 nitrogen and oxygen atoms in total. The van der Waals surface area contributed by atoms with E-state index >= 15 is 0 Å². The van der Waals surface area contributed by atoms with E-state index in [1.54, 1.807) is 24.4 Å². The molecule has 0 aromatic carbocycles. The van der Waals surface area contributed by atoms with Crippen LogP contribution >= 0.6 is 0 Å². The fraction of sp³-hybridized carbons (Fsp3) is 0.364. The molecular weight excluding hydrogens is 259 g/mol. The lowest BCUT2D eigenvalue weighted by Gasteiger charge is -2.25. The van der Waals surface area contributed by atoms with E-state index in [4.69, 9.17) is 0 Å². The minimum atomic E-state index is -4.33. The molecule has 2 aromatic rings. The standard InChI is InChI=1S/C11H10F3N5/c12-11(13,14)8-4-6-16-10-17-9(18-19(8)10)7-3-1-2-5-15-7/h1-3,5,8H,4,6H2,(H,16,17,18). The van der Waals surface area contributed by atoms with Crippen molar-refractivity contribution < 1.29 is 13.2 Å². The highest BCUT2D eigenvalue weighted by molar-refractivity contribution is 5.51. The van der Waals surface area contributed by atoms with Crippen molar-refractivity contribution in [1.29, 1.82) is 0 Å². The largest absolute Gasteiger partial charge is 0.411 e. The quantitative estimate of drug-likeness (QED) is 0.862. The maximum absolute atomic E-state index is 12.9. The molecule has 0 saturated carbocycles. The Labute approximate surface area is 106 Å². The van der Waals surface area contributed by atoms with Crippen LogP contribution in [0.4, 0.5) is 19.1 Å². The number of fused-ring (bicyclic) bond motifs is 1. The van der Waals surface area contributed by atoms with E-state index in [1.807, 2.05) is 0 Å². The second-order valence-electron chi connectivity index (χ2n) is 4.19. The zero-order chi connectivity index (χ0) is 13.5. The van der Waals surface area contributed by atoms with Gasteiger partial charge in [0.15, 0.2) is 6.04 Å². The van der Waals surface area contributed by atoms with Gasteiger partial charge >= 0.3 is 6.18 Å². The third-order valence-corrected chi connectivity index (χ3v) is 2.90. The van der Waals surface area contributed by atoms with Crippen molar-refractivity contribution in [1.82, 2.24) is 19.7 Å². The molecule has 1 aliphatic heterocycles. The molecule has 3 heterocycles. The highest BCUT2D eigenvalue weighted by Crippen LogP contribution is 2.37. The third kappa shape index (κ3) is 2.13. The molecule has 0 saturated heterocycles. The van der Waals surface area contributed by atoms with Crippen LogP contribution in [0.2, 0.25) is 0 Å². The zero-order valence-corrected chi connectivity index (χ0v) is 9.72. The number of pyridine rings is 1. The summed E-state index contributed by atoms with van der Waals surface area (Å²) in [6.07, 6.45) is -2.84. The maximum Gasteiger partial charge on any atom is 0.411 e. The van der Waals surface area contributed by atoms with E-state index in [1.165, 1.54) is 0 Å². The van der Waals surface area contributed by atoms with Crippen molar-refractivity contribution in [2.24, 2.45) is 0 Å². The lowest BCUT2D eigenvalue weighted by Crippen LogP contribution is -2.34. The maximum atomic E-state index is 12.9. The van der Waals surface area contributed by atoms with E-state index in [0.29, 0.717) is 5.69 Å². The van der Waals surface area contributed by atoms with Gasteiger partial charge in [0.1, 0.15) is 5.69 Å². The Morgan fingerprint density at radius 2 is 2.16 bits per heavy atom. The summed E-state index contributed by atoms with van der Waals surface area (Å²) in [6, 6.07) is 3.48. The first-order chi connectivity index (χ1) is 9.05. The summed E-state index contributed by atoms with van der Waals surface area (Å²) in [4.78, 5) is 8.10. The molecule has 8 heteroatoms. The summed E-state index contributed by atoms with van der Waals surface area (Å²) in [6.45, 7) is 0.227. The summed E-state index contributed by atoms with van der Waals surface area (Å²) in [5, 5.41) is 6.75. The van der Waals surface area contributed by atoms with Gasteiger partial charge in [-0.25, -0.2) is 4.68 Å². The van der Waals surface area contributed by atoms with E-state index < -0.39 is 12.2 Å². The van der Waals surface area contributed by atoms with Crippen LogP contribution in [0.25, 0.3) is 11.5 Å². The molecule has 1 unspecified atom stereocenters. The lowest BCUT2D eigenvalue weighted by molar-refractivity contribution is -0.171. The van der Waals surface area contributed by atoms with Crippen LogP contribution < -0.4 is 5.32 Å². The topological polar surface area (TPSA) is 55.6 Å². The first-order valence-electron chi connectivity index (χ1n) is 5.74. The van der Waals surface area contributed by atoms with Crippen LogP contribution in [0.3, 0.4) is 0 Å². The van der Waals surface area contributed by atoms with Crippen molar-refractivity contribution in [2.45, 2.75) is 18.6 Å². The Hall–Kier alpha value is -2.12. The second-order valence-corrected chi connectivity index (χ2v) is 4.19. The SMILES string of the molecule is FC(F)(F)C1CCNc2nc(-c3ccccn3)nn21. The predicted molar refractivity (Wildman–Crippen MR) is 61.5 cm³/mol. The van der Waals surface area contributed by atoms with Crippen LogP contribution in [0.1, 0.15) is 12.5 Å². The Morgan fingerprint density at radius 3 is 2.84 bits per heavy atom. The lowest BCUT2D eigenvalue weighted by atomic mass is 10.2. The number of alkyl halides is 3. The molecule has 1 atom stereocenters. The van der Waals surface area contributed by atoms with Crippen molar-refractivity contribution in [3.05, 3.63) is 24.4 Å². The molecule has 1 aliphatic rings. The average molecular weight is 269 g/mol. The first kappa shape index (κ1) is 11.9. The van der Waals surface area contributed by atoms with Gasteiger partial charge in [0.25, 0.3) is 0 Å². The molecule has 19 heavy (non-hydrogen) atoms. The summed E-state index contributed by atoms with van der Waals surface area (Å²) < 4.78 is 39.6. The van der Waals surface area contributed by atoms with E-state index in [9.17, 15) is 13.2 Å². The van der Waals surface area contributed by atoms with Crippen LogP contribution in [-0.2, 0) is 0 Å². The summed E-state index contributed by atoms with van der Waals surface area (Å²) >= 11 is 0. The molecule has 2 aromatic heterocycles. The second kappa shape index (κ2) is 4.22. The number of halogens is 3. The Kier molecular flexibility index (Phi) is 2.65. The predicted octanol–water partition coefficient (Wildman–Crippen LogP) is 2.26. The van der Waals surface area contributed by atoms with Crippen molar-refractivity contribution in [2.75, 3.05) is 11.9 Å². The zero-order valence-electron chi connectivity index (χ0n) is 9.72. The van der Waals surface area contributed by atoms with Gasteiger partial charge in [-0.15, -0.1) is 5.10 Å². The fourth-order valence-electron chi connectivity index (χ4n) is 2.01. The number of nitrogens with one attached hydrogen (secondary N) is 1. The molecule has 0 fully saturated rings. The summed E-state index contributed by atoms with van der Waals surface area (Å²) in [5.74, 6) is 0.327. The number of aromatic nitrogens is 4. The normalized spacial score (nSPS) is 18.8. The number of anilines is 1. The summed E-state index contributed by atoms with van der Waals surface area (Å²) in [5.41, 5.74) is 0.451. The van der Waals surface area contributed by atoms with Crippen molar-refractivity contribution in [3.63, 3.8) is 0 Å². The van der Waals surface area contributed by atoms with Gasteiger partial charge in [-0.1, -0.05) is 6.07 Å². The monoisotopic (exact) mass is 269 g/mol.